The van der Waals surface area contributed by atoms with Crippen LogP contribution < -0.4 is 10.6 Å². The van der Waals surface area contributed by atoms with Gasteiger partial charge in [-0.3, -0.25) is 4.79 Å². The highest BCUT2D eigenvalue weighted by molar-refractivity contribution is 5.95. The second-order valence-corrected chi connectivity index (χ2v) is 8.75. The monoisotopic (exact) mass is 521 g/mol. The van der Waals surface area contributed by atoms with Gasteiger partial charge in [0.1, 0.15) is 11.9 Å². The number of carbonyl (C=O) groups is 1. The van der Waals surface area contributed by atoms with Crippen molar-refractivity contribution >= 4 is 17.4 Å². The number of aliphatic hydroxyl groups excluding tert-OH is 2. The van der Waals surface area contributed by atoms with Gasteiger partial charge in [0.25, 0.3) is 5.91 Å². The first-order valence-corrected chi connectivity index (χ1v) is 11.9. The van der Waals surface area contributed by atoms with E-state index in [2.05, 4.69) is 15.6 Å². The van der Waals surface area contributed by atoms with Gasteiger partial charge in [0, 0.05) is 17.4 Å². The molecule has 3 aromatic carbocycles. The van der Waals surface area contributed by atoms with Crippen molar-refractivity contribution < 1.29 is 28.2 Å². The average Bonchev–Trinajstić information content (AvgIpc) is 2.92. The molecule has 0 radical (unpaired) electrons. The molecule has 0 aliphatic rings. The van der Waals surface area contributed by atoms with E-state index >= 15 is 0 Å². The van der Waals surface area contributed by atoms with Crippen LogP contribution in [-0.4, -0.2) is 33.8 Å². The van der Waals surface area contributed by atoms with Crippen molar-refractivity contribution in [3.05, 3.63) is 125 Å². The van der Waals surface area contributed by atoms with Gasteiger partial charge in [-0.05, 0) is 59.5 Å². The summed E-state index contributed by atoms with van der Waals surface area (Å²) in [5, 5.41) is 26.1. The summed E-state index contributed by atoms with van der Waals surface area (Å²) in [4.78, 5) is 17.1. The zero-order chi connectivity index (χ0) is 27.1. The molecule has 0 spiro atoms. The lowest BCUT2D eigenvalue weighted by atomic mass is 10.0. The predicted octanol–water partition coefficient (Wildman–Crippen LogP) is 5.26. The summed E-state index contributed by atoms with van der Waals surface area (Å²) >= 11 is 0. The van der Waals surface area contributed by atoms with Crippen LogP contribution in [0, 0.1) is 0 Å². The molecule has 1 amide bonds. The van der Waals surface area contributed by atoms with Crippen LogP contribution in [0.5, 0.6) is 0 Å². The number of anilines is 2. The van der Waals surface area contributed by atoms with Gasteiger partial charge >= 0.3 is 6.18 Å². The molecule has 0 saturated carbocycles. The van der Waals surface area contributed by atoms with Crippen LogP contribution in [0.25, 0.3) is 0 Å². The van der Waals surface area contributed by atoms with Gasteiger partial charge in [0.2, 0.25) is 0 Å². The SMILES string of the molecule is O=C(N[C@@H](CO)[C@H](O)c1ccccc1)c1cccc(Nc2cc(Cc3cccc(C(F)(F)F)c3)ccn2)c1. The molecule has 1 aromatic heterocycles. The fourth-order valence-electron chi connectivity index (χ4n) is 3.99. The predicted molar refractivity (Wildman–Crippen MR) is 138 cm³/mol. The number of pyridine rings is 1. The number of benzene rings is 3. The first kappa shape index (κ1) is 26.8. The lowest BCUT2D eigenvalue weighted by molar-refractivity contribution is -0.137. The molecule has 4 aromatic rings. The van der Waals surface area contributed by atoms with Crippen molar-refractivity contribution in [2.24, 2.45) is 0 Å². The van der Waals surface area contributed by atoms with Crippen molar-refractivity contribution in [2.75, 3.05) is 11.9 Å². The number of rotatable bonds is 9. The Bertz CT molecular complexity index is 1380. The minimum Gasteiger partial charge on any atom is -0.394 e. The van der Waals surface area contributed by atoms with Crippen molar-refractivity contribution in [2.45, 2.75) is 24.7 Å². The minimum absolute atomic E-state index is 0.288. The third-order valence-electron chi connectivity index (χ3n) is 5.92. The van der Waals surface area contributed by atoms with E-state index in [9.17, 15) is 28.2 Å². The molecule has 4 N–H and O–H groups in total. The van der Waals surface area contributed by atoms with Crippen molar-refractivity contribution in [3.63, 3.8) is 0 Å². The van der Waals surface area contributed by atoms with E-state index in [1.807, 2.05) is 0 Å². The summed E-state index contributed by atoms with van der Waals surface area (Å²) in [6, 6.07) is 23.1. The third-order valence-corrected chi connectivity index (χ3v) is 5.92. The fraction of sp³-hybridized carbons (Fsp3) is 0.172. The number of alkyl halides is 3. The van der Waals surface area contributed by atoms with Gasteiger partial charge in [0.05, 0.1) is 18.2 Å². The van der Waals surface area contributed by atoms with Gasteiger partial charge in [-0.2, -0.15) is 13.2 Å². The maximum Gasteiger partial charge on any atom is 0.416 e. The Morgan fingerprint density at radius 3 is 2.37 bits per heavy atom. The number of hydrogen-bond donors (Lipinski definition) is 4. The number of nitrogens with zero attached hydrogens (tertiary/aromatic N) is 1. The van der Waals surface area contributed by atoms with Gasteiger partial charge in [-0.15, -0.1) is 0 Å². The molecule has 0 fully saturated rings. The Labute approximate surface area is 217 Å². The average molecular weight is 522 g/mol. The molecule has 0 unspecified atom stereocenters. The first-order valence-electron chi connectivity index (χ1n) is 11.9. The van der Waals surface area contributed by atoms with Crippen LogP contribution in [0.15, 0.2) is 97.2 Å². The van der Waals surface area contributed by atoms with Gasteiger partial charge < -0.3 is 20.8 Å². The molecule has 0 aliphatic carbocycles. The van der Waals surface area contributed by atoms with Gasteiger partial charge in [0.15, 0.2) is 0 Å². The molecule has 6 nitrogen and oxygen atoms in total. The van der Waals surface area contributed by atoms with Crippen molar-refractivity contribution in [1.82, 2.24) is 10.3 Å². The summed E-state index contributed by atoms with van der Waals surface area (Å²) in [5.74, 6) is -0.0197. The highest BCUT2D eigenvalue weighted by Crippen LogP contribution is 2.30. The van der Waals surface area contributed by atoms with Crippen LogP contribution in [0.4, 0.5) is 24.7 Å². The molecule has 196 valence electrons. The van der Waals surface area contributed by atoms with Crippen molar-refractivity contribution in [1.29, 1.82) is 0 Å². The number of hydrogen-bond acceptors (Lipinski definition) is 5. The quantitative estimate of drug-likeness (QED) is 0.241. The minimum atomic E-state index is -4.41. The number of halogens is 3. The largest absolute Gasteiger partial charge is 0.416 e. The van der Waals surface area contributed by atoms with Crippen molar-refractivity contribution in [3.8, 4) is 0 Å². The van der Waals surface area contributed by atoms with E-state index in [1.165, 1.54) is 6.07 Å². The second-order valence-electron chi connectivity index (χ2n) is 8.75. The number of aromatic nitrogens is 1. The summed E-state index contributed by atoms with van der Waals surface area (Å²) in [6.07, 6.45) is -3.65. The molecular weight excluding hydrogens is 495 g/mol. The third kappa shape index (κ3) is 6.96. The fourth-order valence-corrected chi connectivity index (χ4v) is 3.99. The van der Waals surface area contributed by atoms with Crippen LogP contribution in [0.1, 0.15) is 38.7 Å². The lowest BCUT2D eigenvalue weighted by Crippen LogP contribution is -2.42. The smallest absolute Gasteiger partial charge is 0.394 e. The summed E-state index contributed by atoms with van der Waals surface area (Å²) in [6.45, 7) is -0.456. The lowest BCUT2D eigenvalue weighted by Gasteiger charge is -2.22. The molecular formula is C29H26F3N3O3. The number of nitrogens with one attached hydrogen (secondary N) is 2. The Morgan fingerprint density at radius 1 is 0.895 bits per heavy atom. The van der Waals surface area contributed by atoms with Gasteiger partial charge in [-0.1, -0.05) is 54.6 Å². The molecule has 2 atom stereocenters. The molecule has 38 heavy (non-hydrogen) atoms. The molecule has 9 heteroatoms. The molecule has 4 rings (SSSR count). The molecule has 0 saturated heterocycles. The molecule has 0 bridgehead atoms. The Balaban J connectivity index is 1.44. The van der Waals surface area contributed by atoms with Gasteiger partial charge in [-0.25, -0.2) is 4.98 Å². The maximum atomic E-state index is 13.0. The molecule has 0 aliphatic heterocycles. The summed E-state index contributed by atoms with van der Waals surface area (Å²) in [5.41, 5.74) is 2.01. The zero-order valence-electron chi connectivity index (χ0n) is 20.2. The zero-order valence-corrected chi connectivity index (χ0v) is 20.2. The normalized spacial score (nSPS) is 13.0. The summed E-state index contributed by atoms with van der Waals surface area (Å²) in [7, 11) is 0. The standard InChI is InChI=1S/C29H26F3N3O3/c30-29(31,32)23-10-4-6-19(15-23)14-20-12-13-33-26(16-20)34-24-11-5-9-22(17-24)28(38)35-25(18-36)27(37)21-7-2-1-3-8-21/h1-13,15-17,25,27,36-37H,14,18H2,(H,33,34)(H,35,38)/t25-,27+/m0/s1. The summed E-state index contributed by atoms with van der Waals surface area (Å²) < 4.78 is 39.1. The van der Waals surface area contributed by atoms with Crippen LogP contribution in [-0.2, 0) is 12.6 Å². The highest BCUT2D eigenvalue weighted by Gasteiger charge is 2.30. The maximum absolute atomic E-state index is 13.0. The van der Waals surface area contributed by atoms with E-state index in [1.54, 1.807) is 79.0 Å². The van der Waals surface area contributed by atoms with E-state index in [-0.39, 0.29) is 6.42 Å². The van der Waals surface area contributed by atoms with Crippen LogP contribution in [0.2, 0.25) is 0 Å². The van der Waals surface area contributed by atoms with Crippen LogP contribution in [0.3, 0.4) is 0 Å². The second kappa shape index (κ2) is 11.9. The number of aliphatic hydroxyl groups is 2. The number of carbonyl (C=O) groups excluding carboxylic acids is 1. The van der Waals surface area contributed by atoms with E-state index in [4.69, 9.17) is 0 Å². The molecule has 1 heterocycles. The Kier molecular flexibility index (Phi) is 8.40. The van der Waals surface area contributed by atoms with E-state index in [0.29, 0.717) is 28.2 Å². The topological polar surface area (TPSA) is 94.5 Å². The Hall–Kier alpha value is -4.21. The van der Waals surface area contributed by atoms with Crippen LogP contribution >= 0.6 is 0 Å². The number of amides is 1. The van der Waals surface area contributed by atoms with E-state index in [0.717, 1.165) is 17.7 Å². The first-order chi connectivity index (χ1) is 18.2. The Morgan fingerprint density at radius 2 is 1.63 bits per heavy atom. The van der Waals surface area contributed by atoms with E-state index < -0.39 is 36.4 Å². The highest BCUT2D eigenvalue weighted by atomic mass is 19.4.